The van der Waals surface area contributed by atoms with Crippen molar-refractivity contribution in [3.8, 4) is 5.69 Å². The van der Waals surface area contributed by atoms with Crippen molar-refractivity contribution in [2.24, 2.45) is 5.92 Å². The molecule has 168 valence electrons. The molecule has 0 aliphatic carbocycles. The Kier molecular flexibility index (Phi) is 8.05. The maximum Gasteiger partial charge on any atom is 0.230 e. The molecule has 8 heteroatoms. The highest BCUT2D eigenvalue weighted by molar-refractivity contribution is 7.99. The zero-order chi connectivity index (χ0) is 23.1. The van der Waals surface area contributed by atoms with E-state index >= 15 is 0 Å². The van der Waals surface area contributed by atoms with Gasteiger partial charge in [-0.3, -0.25) is 14.2 Å². The van der Waals surface area contributed by atoms with Crippen LogP contribution in [0.15, 0.2) is 60.0 Å². The van der Waals surface area contributed by atoms with Gasteiger partial charge in [-0.05, 0) is 48.6 Å². The lowest BCUT2D eigenvalue weighted by Crippen LogP contribution is -2.28. The molecule has 1 aromatic heterocycles. The topological polar surface area (TPSA) is 88.9 Å². The minimum atomic E-state index is -0.138. The quantitative estimate of drug-likeness (QED) is 0.471. The molecule has 1 heterocycles. The molecule has 1 atom stereocenters. The third kappa shape index (κ3) is 6.68. The van der Waals surface area contributed by atoms with Gasteiger partial charge in [-0.15, -0.1) is 10.2 Å². The first kappa shape index (κ1) is 23.5. The molecule has 7 nitrogen and oxygen atoms in total. The van der Waals surface area contributed by atoms with Crippen molar-refractivity contribution in [2.45, 2.75) is 45.3 Å². The summed E-state index contributed by atoms with van der Waals surface area (Å²) >= 11 is 1.31. The third-order valence-electron chi connectivity index (χ3n) is 4.79. The summed E-state index contributed by atoms with van der Waals surface area (Å²) in [5.74, 6) is 0.626. The van der Waals surface area contributed by atoms with Gasteiger partial charge in [0.05, 0.1) is 17.5 Å². The fourth-order valence-corrected chi connectivity index (χ4v) is 4.09. The minimum Gasteiger partial charge on any atom is -0.349 e. The van der Waals surface area contributed by atoms with E-state index in [1.807, 2.05) is 31.2 Å². The molecule has 32 heavy (non-hydrogen) atoms. The van der Waals surface area contributed by atoms with Crippen LogP contribution in [0.25, 0.3) is 5.69 Å². The first-order valence-corrected chi connectivity index (χ1v) is 11.6. The molecule has 2 amide bonds. The summed E-state index contributed by atoms with van der Waals surface area (Å²) in [4.78, 5) is 23.8. The Morgan fingerprint density at radius 3 is 2.53 bits per heavy atom. The van der Waals surface area contributed by atoms with Gasteiger partial charge in [0.15, 0.2) is 5.16 Å². The zero-order valence-corrected chi connectivity index (χ0v) is 19.6. The van der Waals surface area contributed by atoms with E-state index in [-0.39, 0.29) is 23.6 Å². The van der Waals surface area contributed by atoms with Crippen LogP contribution in [0.3, 0.4) is 0 Å². The molecule has 0 bridgehead atoms. The van der Waals surface area contributed by atoms with Crippen LogP contribution in [-0.2, 0) is 16.0 Å². The van der Waals surface area contributed by atoms with Gasteiger partial charge in [0.25, 0.3) is 0 Å². The predicted molar refractivity (Wildman–Crippen MR) is 128 cm³/mol. The Morgan fingerprint density at radius 1 is 1.09 bits per heavy atom. The number of carbonyl (C=O) groups excluding carboxylic acids is 2. The van der Waals surface area contributed by atoms with Crippen LogP contribution in [0, 0.1) is 5.92 Å². The van der Waals surface area contributed by atoms with E-state index in [0.29, 0.717) is 16.8 Å². The van der Waals surface area contributed by atoms with E-state index in [9.17, 15) is 9.59 Å². The summed E-state index contributed by atoms with van der Waals surface area (Å²) in [6, 6.07) is 15.7. The third-order valence-corrected chi connectivity index (χ3v) is 5.74. The number of thioether (sulfide) groups is 1. The molecule has 0 spiro atoms. The van der Waals surface area contributed by atoms with E-state index in [1.54, 1.807) is 10.9 Å². The van der Waals surface area contributed by atoms with Crippen LogP contribution in [-0.4, -0.2) is 32.3 Å². The molecule has 0 saturated heterocycles. The number of anilines is 1. The van der Waals surface area contributed by atoms with Crippen molar-refractivity contribution in [1.82, 2.24) is 20.1 Å². The first-order valence-electron chi connectivity index (χ1n) is 10.6. The molecule has 0 fully saturated rings. The van der Waals surface area contributed by atoms with Crippen molar-refractivity contribution in [3.05, 3.63) is 66.0 Å². The molecule has 0 radical (unpaired) electrons. The maximum absolute atomic E-state index is 12.5. The average molecular weight is 452 g/mol. The van der Waals surface area contributed by atoms with Gasteiger partial charge in [-0.1, -0.05) is 55.9 Å². The molecule has 1 unspecified atom stereocenters. The highest BCUT2D eigenvalue weighted by Crippen LogP contribution is 2.22. The number of benzene rings is 2. The van der Waals surface area contributed by atoms with Crippen LogP contribution in [0.5, 0.6) is 0 Å². The first-order chi connectivity index (χ1) is 15.3. The Hall–Kier alpha value is -3.13. The number of nitrogens with zero attached hydrogens (tertiary/aromatic N) is 3. The summed E-state index contributed by atoms with van der Waals surface area (Å²) in [5.41, 5.74) is 3.87. The number of rotatable bonds is 9. The van der Waals surface area contributed by atoms with Gasteiger partial charge in [-0.2, -0.15) is 0 Å². The van der Waals surface area contributed by atoms with Crippen molar-refractivity contribution in [2.75, 3.05) is 11.1 Å². The van der Waals surface area contributed by atoms with Crippen LogP contribution in [0.4, 0.5) is 5.69 Å². The molecule has 3 aromatic rings. The average Bonchev–Trinajstić information content (AvgIpc) is 3.21. The van der Waals surface area contributed by atoms with Crippen molar-refractivity contribution in [3.63, 3.8) is 0 Å². The monoisotopic (exact) mass is 451 g/mol. The van der Waals surface area contributed by atoms with E-state index < -0.39 is 0 Å². The second-order valence-corrected chi connectivity index (χ2v) is 9.07. The fourth-order valence-electron chi connectivity index (χ4n) is 3.35. The Labute approximate surface area is 193 Å². The SMILES string of the molecule is CC(=O)Nc1cccc(-n2cnnc2SCC(=O)NC(C)c2ccc(CC(C)C)cc2)c1. The second-order valence-electron chi connectivity index (χ2n) is 8.13. The number of hydrogen-bond acceptors (Lipinski definition) is 5. The molecular weight excluding hydrogens is 422 g/mol. The lowest BCUT2D eigenvalue weighted by Gasteiger charge is -2.15. The lowest BCUT2D eigenvalue weighted by atomic mass is 10.00. The van der Waals surface area contributed by atoms with Gasteiger partial charge in [0, 0.05) is 12.6 Å². The standard InChI is InChI=1S/C24H29N5O2S/c1-16(2)12-19-8-10-20(11-9-19)17(3)26-23(31)14-32-24-28-25-15-29(24)22-7-5-6-21(13-22)27-18(4)30/h5-11,13,15-17H,12,14H2,1-4H3,(H,26,31)(H,27,30). The molecule has 0 saturated carbocycles. The number of amides is 2. The molecule has 0 aliphatic heterocycles. The molecular formula is C24H29N5O2S. The zero-order valence-electron chi connectivity index (χ0n) is 18.8. The predicted octanol–water partition coefficient (Wildman–Crippen LogP) is 4.39. The summed E-state index contributed by atoms with van der Waals surface area (Å²) in [7, 11) is 0. The Morgan fingerprint density at radius 2 is 1.84 bits per heavy atom. The van der Waals surface area contributed by atoms with E-state index in [4.69, 9.17) is 0 Å². The van der Waals surface area contributed by atoms with E-state index in [2.05, 4.69) is 58.9 Å². The number of aromatic nitrogens is 3. The molecule has 2 N–H and O–H groups in total. The van der Waals surface area contributed by atoms with Crippen LogP contribution in [0.2, 0.25) is 0 Å². The molecule has 0 aliphatic rings. The number of nitrogens with one attached hydrogen (secondary N) is 2. The summed E-state index contributed by atoms with van der Waals surface area (Å²) in [5, 5.41) is 14.5. The van der Waals surface area contributed by atoms with E-state index in [1.165, 1.54) is 24.2 Å². The Bertz CT molecular complexity index is 1060. The number of carbonyl (C=O) groups is 2. The minimum absolute atomic E-state index is 0.0738. The lowest BCUT2D eigenvalue weighted by molar-refractivity contribution is -0.119. The van der Waals surface area contributed by atoms with Crippen LogP contribution in [0.1, 0.15) is 44.9 Å². The van der Waals surface area contributed by atoms with Crippen molar-refractivity contribution < 1.29 is 9.59 Å². The molecule has 2 aromatic carbocycles. The smallest absolute Gasteiger partial charge is 0.230 e. The van der Waals surface area contributed by atoms with Crippen LogP contribution < -0.4 is 10.6 Å². The maximum atomic E-state index is 12.5. The van der Waals surface area contributed by atoms with Crippen molar-refractivity contribution >= 4 is 29.3 Å². The highest BCUT2D eigenvalue weighted by atomic mass is 32.2. The van der Waals surface area contributed by atoms with Gasteiger partial charge in [0.1, 0.15) is 6.33 Å². The molecule has 3 rings (SSSR count). The van der Waals surface area contributed by atoms with Gasteiger partial charge in [0.2, 0.25) is 11.8 Å². The van der Waals surface area contributed by atoms with Crippen LogP contribution >= 0.6 is 11.8 Å². The van der Waals surface area contributed by atoms with Gasteiger partial charge in [-0.25, -0.2) is 0 Å². The van der Waals surface area contributed by atoms with Crippen molar-refractivity contribution in [1.29, 1.82) is 0 Å². The summed E-state index contributed by atoms with van der Waals surface area (Å²) in [6.07, 6.45) is 2.64. The number of hydrogen-bond donors (Lipinski definition) is 2. The van der Waals surface area contributed by atoms with Gasteiger partial charge < -0.3 is 10.6 Å². The largest absolute Gasteiger partial charge is 0.349 e. The summed E-state index contributed by atoms with van der Waals surface area (Å²) < 4.78 is 1.79. The summed E-state index contributed by atoms with van der Waals surface area (Å²) in [6.45, 7) is 7.85. The van der Waals surface area contributed by atoms with E-state index in [0.717, 1.165) is 17.7 Å². The van der Waals surface area contributed by atoms with Gasteiger partial charge >= 0.3 is 0 Å². The fraction of sp³-hybridized carbons (Fsp3) is 0.333. The normalized spacial score (nSPS) is 11.9. The highest BCUT2D eigenvalue weighted by Gasteiger charge is 2.14. The second kappa shape index (κ2) is 10.9. The Balaban J connectivity index is 1.58.